The third kappa shape index (κ3) is 3.37. The Kier molecular flexibility index (Phi) is 5.14. The summed E-state index contributed by atoms with van der Waals surface area (Å²) >= 11 is 6.18. The third-order valence-electron chi connectivity index (χ3n) is 3.64. The van der Waals surface area contributed by atoms with E-state index in [-0.39, 0.29) is 5.69 Å². The molecule has 1 aromatic heterocycles. The zero-order valence-corrected chi connectivity index (χ0v) is 12.3. The molecule has 1 aromatic rings. The van der Waals surface area contributed by atoms with Crippen LogP contribution in [0.25, 0.3) is 0 Å². The molecule has 2 rings (SSSR count). The Hall–Kier alpha value is -1.40. The lowest BCUT2D eigenvalue weighted by Crippen LogP contribution is -2.41. The molecule has 2 heterocycles. The van der Waals surface area contributed by atoms with Gasteiger partial charge in [0, 0.05) is 18.7 Å². The van der Waals surface area contributed by atoms with Gasteiger partial charge in [-0.25, -0.2) is 4.98 Å². The van der Waals surface area contributed by atoms with Crippen molar-refractivity contribution in [3.8, 4) is 0 Å². The quantitative estimate of drug-likeness (QED) is 0.668. The first-order valence-electron chi connectivity index (χ1n) is 6.84. The number of hydrogen-bond acceptors (Lipinski definition) is 5. The zero-order valence-electron chi connectivity index (χ0n) is 11.5. The molecule has 0 amide bonds. The minimum absolute atomic E-state index is 0.0671. The van der Waals surface area contributed by atoms with Crippen molar-refractivity contribution in [2.45, 2.75) is 31.7 Å². The molecule has 0 aromatic carbocycles. The third-order valence-corrected chi connectivity index (χ3v) is 3.92. The monoisotopic (exact) mass is 298 g/mol. The highest BCUT2D eigenvalue weighted by Crippen LogP contribution is 2.32. The molecule has 0 radical (unpaired) electrons. The predicted octanol–water partition coefficient (Wildman–Crippen LogP) is 2.61. The minimum Gasteiger partial charge on any atom is -0.352 e. The van der Waals surface area contributed by atoms with Crippen molar-refractivity contribution in [2.75, 3.05) is 25.0 Å². The van der Waals surface area contributed by atoms with Crippen molar-refractivity contribution >= 4 is 23.1 Å². The molecule has 110 valence electrons. The molecule has 1 aliphatic heterocycles. The maximum Gasteiger partial charge on any atom is 0.289 e. The van der Waals surface area contributed by atoms with Gasteiger partial charge in [0.05, 0.1) is 9.95 Å². The van der Waals surface area contributed by atoms with Crippen molar-refractivity contribution in [3.63, 3.8) is 0 Å². The van der Waals surface area contributed by atoms with E-state index in [1.165, 1.54) is 18.7 Å². The average molecular weight is 299 g/mol. The summed E-state index contributed by atoms with van der Waals surface area (Å²) in [6.07, 6.45) is 5.72. The molecule has 7 heteroatoms. The molecule has 0 aliphatic carbocycles. The van der Waals surface area contributed by atoms with Crippen molar-refractivity contribution < 1.29 is 4.92 Å². The number of nitrogens with one attached hydrogen (secondary N) is 1. The van der Waals surface area contributed by atoms with Crippen molar-refractivity contribution in [1.29, 1.82) is 0 Å². The number of halogens is 1. The first kappa shape index (κ1) is 15.0. The Balaban J connectivity index is 2.21. The molecule has 0 saturated carbocycles. The van der Waals surface area contributed by atoms with Gasteiger partial charge in [-0.15, -0.1) is 0 Å². The summed E-state index contributed by atoms with van der Waals surface area (Å²) in [7, 11) is 1.93. The van der Waals surface area contributed by atoms with E-state index in [0.29, 0.717) is 16.9 Å². The molecule has 1 atom stereocenters. The molecule has 0 bridgehead atoms. The number of nitrogens with zero attached hydrogens (tertiary/aromatic N) is 3. The average Bonchev–Trinajstić information content (AvgIpc) is 2.45. The van der Waals surface area contributed by atoms with Crippen LogP contribution in [0.5, 0.6) is 0 Å². The lowest BCUT2D eigenvalue weighted by molar-refractivity contribution is -0.385. The number of rotatable bonds is 5. The van der Waals surface area contributed by atoms with Crippen LogP contribution in [0.1, 0.15) is 25.7 Å². The second kappa shape index (κ2) is 6.85. The molecule has 6 nitrogen and oxygen atoms in total. The lowest BCUT2D eigenvalue weighted by Gasteiger charge is -2.37. The van der Waals surface area contributed by atoms with Gasteiger partial charge < -0.3 is 10.2 Å². The van der Waals surface area contributed by atoms with Crippen LogP contribution >= 0.6 is 11.6 Å². The van der Waals surface area contributed by atoms with Gasteiger partial charge >= 0.3 is 0 Å². The van der Waals surface area contributed by atoms with Gasteiger partial charge in [0.25, 0.3) is 5.69 Å². The van der Waals surface area contributed by atoms with Crippen LogP contribution in [0.4, 0.5) is 11.5 Å². The fourth-order valence-corrected chi connectivity index (χ4v) is 2.89. The number of anilines is 1. The summed E-state index contributed by atoms with van der Waals surface area (Å²) in [5.74, 6) is 0.665. The maximum atomic E-state index is 10.7. The first-order valence-corrected chi connectivity index (χ1v) is 7.22. The van der Waals surface area contributed by atoms with Crippen LogP contribution < -0.4 is 10.2 Å². The molecule has 1 unspecified atom stereocenters. The highest BCUT2D eigenvalue weighted by Gasteiger charge is 2.25. The summed E-state index contributed by atoms with van der Waals surface area (Å²) < 4.78 is 0. The Morgan fingerprint density at radius 2 is 2.40 bits per heavy atom. The molecule has 1 aliphatic rings. The fourth-order valence-electron chi connectivity index (χ4n) is 2.62. The Morgan fingerprint density at radius 3 is 3.05 bits per heavy atom. The number of pyridine rings is 1. The molecular formula is C13H19ClN4O2. The molecule has 1 N–H and O–H groups in total. The second-order valence-corrected chi connectivity index (χ2v) is 5.40. The van der Waals surface area contributed by atoms with Crippen LogP contribution in [0.15, 0.2) is 12.3 Å². The van der Waals surface area contributed by atoms with Crippen LogP contribution in [-0.4, -0.2) is 36.1 Å². The summed E-state index contributed by atoms with van der Waals surface area (Å²) in [6.45, 7) is 1.84. The first-order chi connectivity index (χ1) is 9.63. The predicted molar refractivity (Wildman–Crippen MR) is 79.4 cm³/mol. The fraction of sp³-hybridized carbons (Fsp3) is 0.615. The van der Waals surface area contributed by atoms with Crippen LogP contribution in [0.2, 0.25) is 5.02 Å². The number of hydrogen-bond donors (Lipinski definition) is 1. The summed E-state index contributed by atoms with van der Waals surface area (Å²) in [4.78, 5) is 16.7. The Morgan fingerprint density at radius 1 is 1.60 bits per heavy atom. The van der Waals surface area contributed by atoms with E-state index < -0.39 is 4.92 Å². The maximum absolute atomic E-state index is 10.7. The lowest BCUT2D eigenvalue weighted by atomic mass is 9.99. The number of nitro groups is 1. The normalized spacial score (nSPS) is 19.1. The van der Waals surface area contributed by atoms with E-state index in [4.69, 9.17) is 11.6 Å². The highest BCUT2D eigenvalue weighted by molar-refractivity contribution is 6.33. The topological polar surface area (TPSA) is 71.3 Å². The zero-order chi connectivity index (χ0) is 14.5. The second-order valence-electron chi connectivity index (χ2n) is 4.99. The van der Waals surface area contributed by atoms with Gasteiger partial charge in [-0.1, -0.05) is 11.6 Å². The van der Waals surface area contributed by atoms with E-state index in [1.54, 1.807) is 0 Å². The summed E-state index contributed by atoms with van der Waals surface area (Å²) in [5, 5.41) is 14.2. The van der Waals surface area contributed by atoms with E-state index in [9.17, 15) is 10.1 Å². The van der Waals surface area contributed by atoms with Crippen molar-refractivity contribution in [1.82, 2.24) is 10.3 Å². The Bertz CT molecular complexity index is 483. The standard InChI is InChI=1S/C13H19ClN4O2/c1-15-6-5-10-4-2-3-7-17(10)13-12(14)8-11(9-16-13)18(19)20/h8-10,15H,2-7H2,1H3. The SMILES string of the molecule is CNCCC1CCCCN1c1ncc([N+](=O)[O-])cc1Cl. The largest absolute Gasteiger partial charge is 0.352 e. The van der Waals surface area contributed by atoms with Crippen molar-refractivity contribution in [2.24, 2.45) is 0 Å². The van der Waals surface area contributed by atoms with E-state index in [1.807, 2.05) is 7.05 Å². The van der Waals surface area contributed by atoms with E-state index in [0.717, 1.165) is 32.4 Å². The van der Waals surface area contributed by atoms with Crippen molar-refractivity contribution in [3.05, 3.63) is 27.4 Å². The van der Waals surface area contributed by atoms with Crippen LogP contribution in [0, 0.1) is 10.1 Å². The summed E-state index contributed by atoms with van der Waals surface area (Å²) in [5.41, 5.74) is -0.0671. The molecular weight excluding hydrogens is 280 g/mol. The van der Waals surface area contributed by atoms with Gasteiger partial charge in [0.2, 0.25) is 0 Å². The minimum atomic E-state index is -0.475. The van der Waals surface area contributed by atoms with Gasteiger partial charge in [-0.3, -0.25) is 10.1 Å². The van der Waals surface area contributed by atoms with E-state index >= 15 is 0 Å². The van der Waals surface area contributed by atoms with Crippen LogP contribution in [0.3, 0.4) is 0 Å². The van der Waals surface area contributed by atoms with Gasteiger partial charge in [0.1, 0.15) is 12.0 Å². The van der Waals surface area contributed by atoms with Gasteiger partial charge in [-0.2, -0.15) is 0 Å². The molecule has 1 fully saturated rings. The van der Waals surface area contributed by atoms with Gasteiger partial charge in [0.15, 0.2) is 0 Å². The smallest absolute Gasteiger partial charge is 0.289 e. The summed E-state index contributed by atoms with van der Waals surface area (Å²) in [6, 6.07) is 1.77. The number of piperidine rings is 1. The highest BCUT2D eigenvalue weighted by atomic mass is 35.5. The molecule has 20 heavy (non-hydrogen) atoms. The van der Waals surface area contributed by atoms with Crippen LogP contribution in [-0.2, 0) is 0 Å². The molecule has 1 saturated heterocycles. The molecule has 0 spiro atoms. The van der Waals surface area contributed by atoms with Gasteiger partial charge in [-0.05, 0) is 39.3 Å². The Labute approximate surface area is 123 Å². The van der Waals surface area contributed by atoms with E-state index in [2.05, 4.69) is 15.2 Å². The number of aromatic nitrogens is 1.